The van der Waals surface area contributed by atoms with Crippen LogP contribution in [0.2, 0.25) is 0 Å². The molecule has 7 heteroatoms. The lowest BCUT2D eigenvalue weighted by atomic mass is 10.0. The first kappa shape index (κ1) is 23.0. The Balaban J connectivity index is 1.60. The van der Waals surface area contributed by atoms with Crippen molar-refractivity contribution < 1.29 is 9.53 Å². The maximum atomic E-state index is 13.2. The monoisotopic (exact) mass is 448 g/mol. The number of benzene rings is 1. The number of ether oxygens (including phenoxy) is 1. The number of methoxy groups -OCH3 is 1. The van der Waals surface area contributed by atoms with Gasteiger partial charge in [-0.3, -0.25) is 14.5 Å². The molecule has 0 saturated carbocycles. The summed E-state index contributed by atoms with van der Waals surface area (Å²) in [5, 5.41) is 3.52. The van der Waals surface area contributed by atoms with Gasteiger partial charge in [0.1, 0.15) is 17.0 Å². The van der Waals surface area contributed by atoms with Gasteiger partial charge in [0.15, 0.2) is 0 Å². The van der Waals surface area contributed by atoms with Crippen molar-refractivity contribution in [1.82, 2.24) is 19.8 Å². The van der Waals surface area contributed by atoms with Gasteiger partial charge in [-0.15, -0.1) is 0 Å². The zero-order chi connectivity index (χ0) is 23.4. The number of amides is 1. The molecule has 0 spiro atoms. The second kappa shape index (κ2) is 10.2. The van der Waals surface area contributed by atoms with E-state index in [1.54, 1.807) is 19.4 Å². The van der Waals surface area contributed by atoms with Crippen molar-refractivity contribution in [1.29, 1.82) is 0 Å². The molecule has 4 rings (SSSR count). The molecule has 0 bridgehead atoms. The third-order valence-electron chi connectivity index (χ3n) is 6.43. The molecule has 1 amide bonds. The molecule has 0 aliphatic carbocycles. The van der Waals surface area contributed by atoms with Gasteiger partial charge in [0, 0.05) is 25.0 Å². The fraction of sp³-hybridized carbons (Fsp3) is 0.423. The van der Waals surface area contributed by atoms with Crippen LogP contribution in [0, 0.1) is 6.92 Å². The Bertz CT molecular complexity index is 1180. The molecule has 1 atom stereocenters. The first-order valence-electron chi connectivity index (χ1n) is 11.7. The number of fused-ring (bicyclic) bond motifs is 1. The van der Waals surface area contributed by atoms with Crippen molar-refractivity contribution in [3.63, 3.8) is 0 Å². The van der Waals surface area contributed by atoms with Gasteiger partial charge in [0.05, 0.1) is 18.5 Å². The van der Waals surface area contributed by atoms with Crippen LogP contribution in [-0.4, -0.2) is 47.1 Å². The van der Waals surface area contributed by atoms with Gasteiger partial charge in [-0.25, -0.2) is 4.98 Å². The van der Waals surface area contributed by atoms with Crippen molar-refractivity contribution >= 4 is 16.9 Å². The Morgan fingerprint density at radius 1 is 1.12 bits per heavy atom. The van der Waals surface area contributed by atoms with Crippen molar-refractivity contribution in [2.75, 3.05) is 26.7 Å². The molecule has 1 aliphatic heterocycles. The SMILES string of the molecule is CCn1cc(C(=O)NCC(c2ccc(OC)cc2)N2CCCCC2)c(=O)c2ccc(C)nc21. The summed E-state index contributed by atoms with van der Waals surface area (Å²) in [5.41, 5.74) is 2.46. The molecule has 1 N–H and O–H groups in total. The summed E-state index contributed by atoms with van der Waals surface area (Å²) in [6.45, 7) is 6.92. The molecule has 7 nitrogen and oxygen atoms in total. The summed E-state index contributed by atoms with van der Waals surface area (Å²) in [7, 11) is 1.65. The predicted molar refractivity (Wildman–Crippen MR) is 130 cm³/mol. The van der Waals surface area contributed by atoms with Crippen LogP contribution in [0.25, 0.3) is 11.0 Å². The van der Waals surface area contributed by atoms with E-state index in [1.165, 1.54) is 6.42 Å². The molecule has 3 heterocycles. The maximum absolute atomic E-state index is 13.2. The van der Waals surface area contributed by atoms with Crippen LogP contribution >= 0.6 is 0 Å². The summed E-state index contributed by atoms with van der Waals surface area (Å²) in [4.78, 5) is 33.2. The molecule has 1 aromatic carbocycles. The number of hydrogen-bond donors (Lipinski definition) is 1. The highest BCUT2D eigenvalue weighted by molar-refractivity contribution is 5.96. The van der Waals surface area contributed by atoms with E-state index >= 15 is 0 Å². The standard InChI is InChI=1S/C26H32N4O3/c1-4-29-17-22(24(31)21-13-8-18(2)28-25(21)29)26(32)27-16-23(30-14-6-5-7-15-30)19-9-11-20(33-3)12-10-19/h8-13,17,23H,4-7,14-16H2,1-3H3,(H,27,32). The summed E-state index contributed by atoms with van der Waals surface area (Å²) in [5.74, 6) is 0.459. The fourth-order valence-corrected chi connectivity index (χ4v) is 4.56. The molecule has 33 heavy (non-hydrogen) atoms. The minimum absolute atomic E-state index is 0.0401. The van der Waals surface area contributed by atoms with E-state index in [-0.39, 0.29) is 22.9 Å². The Morgan fingerprint density at radius 3 is 2.52 bits per heavy atom. The van der Waals surface area contributed by atoms with Crippen LogP contribution in [0.5, 0.6) is 5.75 Å². The quantitative estimate of drug-likeness (QED) is 0.597. The van der Waals surface area contributed by atoms with Crippen molar-refractivity contribution in [3.05, 3.63) is 69.6 Å². The minimum Gasteiger partial charge on any atom is -0.497 e. The number of nitrogens with zero attached hydrogens (tertiary/aromatic N) is 3. The summed E-state index contributed by atoms with van der Waals surface area (Å²) in [6.07, 6.45) is 5.17. The summed E-state index contributed by atoms with van der Waals surface area (Å²) >= 11 is 0. The molecule has 1 saturated heterocycles. The average Bonchev–Trinajstić information content (AvgIpc) is 2.85. The van der Waals surface area contributed by atoms with E-state index < -0.39 is 0 Å². The van der Waals surface area contributed by atoms with Gasteiger partial charge in [0.25, 0.3) is 5.91 Å². The van der Waals surface area contributed by atoms with Crippen LogP contribution in [0.15, 0.2) is 47.4 Å². The van der Waals surface area contributed by atoms with Crippen LogP contribution < -0.4 is 15.5 Å². The number of aryl methyl sites for hydroxylation is 2. The zero-order valence-electron chi connectivity index (χ0n) is 19.6. The lowest BCUT2D eigenvalue weighted by Crippen LogP contribution is -2.41. The number of pyridine rings is 2. The second-order valence-electron chi connectivity index (χ2n) is 8.58. The highest BCUT2D eigenvalue weighted by atomic mass is 16.5. The number of rotatable bonds is 7. The smallest absolute Gasteiger partial charge is 0.256 e. The minimum atomic E-state index is -0.347. The van der Waals surface area contributed by atoms with E-state index in [1.807, 2.05) is 36.6 Å². The van der Waals surface area contributed by atoms with Gasteiger partial charge in [-0.2, -0.15) is 0 Å². The molecule has 1 aliphatic rings. The van der Waals surface area contributed by atoms with E-state index in [0.717, 1.165) is 42.9 Å². The molecule has 1 fully saturated rings. The molecule has 3 aromatic rings. The van der Waals surface area contributed by atoms with E-state index in [2.05, 4.69) is 27.3 Å². The van der Waals surface area contributed by atoms with Crippen LogP contribution in [0.3, 0.4) is 0 Å². The summed E-state index contributed by atoms with van der Waals surface area (Å²) in [6, 6.07) is 11.6. The van der Waals surface area contributed by atoms with Gasteiger partial charge in [-0.1, -0.05) is 18.6 Å². The lowest BCUT2D eigenvalue weighted by molar-refractivity contribution is 0.0923. The van der Waals surface area contributed by atoms with Crippen molar-refractivity contribution in [2.24, 2.45) is 0 Å². The first-order chi connectivity index (χ1) is 16.0. The molecular weight excluding hydrogens is 416 g/mol. The number of carbonyl (C=O) groups is 1. The Kier molecular flexibility index (Phi) is 7.08. The molecule has 2 aromatic heterocycles. The zero-order valence-corrected chi connectivity index (χ0v) is 19.6. The number of aromatic nitrogens is 2. The Hall–Kier alpha value is -3.19. The average molecular weight is 449 g/mol. The van der Waals surface area contributed by atoms with Crippen molar-refractivity contribution in [2.45, 2.75) is 45.7 Å². The highest BCUT2D eigenvalue weighted by Gasteiger charge is 2.24. The largest absolute Gasteiger partial charge is 0.497 e. The first-order valence-corrected chi connectivity index (χ1v) is 11.7. The number of nitrogens with one attached hydrogen (secondary N) is 1. The number of hydrogen-bond acceptors (Lipinski definition) is 5. The van der Waals surface area contributed by atoms with Crippen molar-refractivity contribution in [3.8, 4) is 5.75 Å². The third-order valence-corrected chi connectivity index (χ3v) is 6.43. The Morgan fingerprint density at radius 2 is 1.85 bits per heavy atom. The van der Waals surface area contributed by atoms with Crippen LogP contribution in [0.4, 0.5) is 0 Å². The van der Waals surface area contributed by atoms with Gasteiger partial charge >= 0.3 is 0 Å². The number of piperidine rings is 1. The summed E-state index contributed by atoms with van der Waals surface area (Å²) < 4.78 is 7.17. The normalized spacial score (nSPS) is 15.4. The molecule has 0 radical (unpaired) electrons. The number of likely N-dealkylation sites (tertiary alicyclic amines) is 1. The van der Waals surface area contributed by atoms with Crippen LogP contribution in [0.1, 0.15) is 53.8 Å². The predicted octanol–water partition coefficient (Wildman–Crippen LogP) is 3.69. The fourth-order valence-electron chi connectivity index (χ4n) is 4.56. The molecular formula is C26H32N4O3. The number of carbonyl (C=O) groups excluding carboxylic acids is 1. The van der Waals surface area contributed by atoms with Gasteiger partial charge in [-0.05, 0) is 69.6 Å². The molecule has 1 unspecified atom stereocenters. The van der Waals surface area contributed by atoms with Gasteiger partial charge < -0.3 is 14.6 Å². The van der Waals surface area contributed by atoms with E-state index in [0.29, 0.717) is 24.1 Å². The van der Waals surface area contributed by atoms with Crippen LogP contribution in [-0.2, 0) is 6.54 Å². The lowest BCUT2D eigenvalue weighted by Gasteiger charge is -2.35. The highest BCUT2D eigenvalue weighted by Crippen LogP contribution is 2.26. The molecule has 174 valence electrons. The topological polar surface area (TPSA) is 76.5 Å². The van der Waals surface area contributed by atoms with E-state index in [9.17, 15) is 9.59 Å². The second-order valence-corrected chi connectivity index (χ2v) is 8.58. The van der Waals surface area contributed by atoms with E-state index in [4.69, 9.17) is 4.74 Å². The maximum Gasteiger partial charge on any atom is 0.256 e. The Labute approximate surface area is 194 Å². The van der Waals surface area contributed by atoms with Gasteiger partial charge in [0.2, 0.25) is 5.43 Å². The third kappa shape index (κ3) is 4.93.